The van der Waals surface area contributed by atoms with Gasteiger partial charge >= 0.3 is 0 Å². The molecule has 0 unspecified atom stereocenters. The molecular formula is C8H14O2. The fraction of sp³-hybridized carbons (Fsp3) is 0.750. The van der Waals surface area contributed by atoms with E-state index in [1.54, 1.807) is 0 Å². The van der Waals surface area contributed by atoms with Crippen LogP contribution in [0.25, 0.3) is 0 Å². The van der Waals surface area contributed by atoms with Crippen LogP contribution in [0.15, 0.2) is 0 Å². The van der Waals surface area contributed by atoms with Gasteiger partial charge in [-0.2, -0.15) is 0 Å². The fourth-order valence-electron chi connectivity index (χ4n) is 0.634. The van der Waals surface area contributed by atoms with Crippen LogP contribution in [0.2, 0.25) is 0 Å². The van der Waals surface area contributed by atoms with Crippen LogP contribution in [0.5, 0.6) is 0 Å². The van der Waals surface area contributed by atoms with Crippen molar-refractivity contribution in [2.24, 2.45) is 0 Å². The van der Waals surface area contributed by atoms with Crippen molar-refractivity contribution >= 4 is 0 Å². The molecule has 0 aromatic heterocycles. The molecule has 0 aliphatic carbocycles. The minimum absolute atomic E-state index is 0.208. The van der Waals surface area contributed by atoms with Crippen molar-refractivity contribution in [3.8, 4) is 12.3 Å². The number of terminal acetylenes is 1. The molecule has 10 heavy (non-hydrogen) atoms. The lowest BCUT2D eigenvalue weighted by molar-refractivity contribution is -0.131. The summed E-state index contributed by atoms with van der Waals surface area (Å²) in [5, 5.41) is 0. The summed E-state index contributed by atoms with van der Waals surface area (Å²) in [5.74, 6) is 2.49. The van der Waals surface area contributed by atoms with Gasteiger partial charge in [-0.25, -0.2) is 0 Å². The lowest BCUT2D eigenvalue weighted by atomic mass is 10.4. The Morgan fingerprint density at radius 3 is 2.10 bits per heavy atom. The van der Waals surface area contributed by atoms with Gasteiger partial charge in [0.25, 0.3) is 0 Å². The zero-order valence-electron chi connectivity index (χ0n) is 6.59. The first kappa shape index (κ1) is 9.48. The molecule has 2 nitrogen and oxygen atoms in total. The molecule has 0 aliphatic rings. The molecule has 0 aromatic rings. The molecule has 0 aromatic carbocycles. The van der Waals surface area contributed by atoms with E-state index in [1.165, 1.54) is 0 Å². The van der Waals surface area contributed by atoms with Crippen LogP contribution in [-0.4, -0.2) is 19.5 Å². The number of hydrogen-bond acceptors (Lipinski definition) is 2. The highest BCUT2D eigenvalue weighted by Crippen LogP contribution is 1.98. The molecular weight excluding hydrogens is 128 g/mol. The highest BCUT2D eigenvalue weighted by Gasteiger charge is 2.03. The summed E-state index contributed by atoms with van der Waals surface area (Å²) < 4.78 is 10.3. The maximum atomic E-state index is 5.16. The minimum Gasteiger partial charge on any atom is -0.352 e. The van der Waals surface area contributed by atoms with Gasteiger partial charge in [-0.05, 0) is 13.8 Å². The first-order valence-corrected chi connectivity index (χ1v) is 3.51. The highest BCUT2D eigenvalue weighted by molar-refractivity contribution is 4.84. The lowest BCUT2D eigenvalue weighted by Crippen LogP contribution is -2.16. The third-order valence-corrected chi connectivity index (χ3v) is 0.990. The second-order valence-electron chi connectivity index (χ2n) is 1.75. The molecule has 0 aliphatic heterocycles. The molecule has 0 N–H and O–H groups in total. The van der Waals surface area contributed by atoms with Gasteiger partial charge in [-0.1, -0.05) is 0 Å². The molecule has 0 heterocycles. The maximum Gasteiger partial charge on any atom is 0.168 e. The zero-order chi connectivity index (χ0) is 7.82. The van der Waals surface area contributed by atoms with E-state index in [0.29, 0.717) is 19.6 Å². The summed E-state index contributed by atoms with van der Waals surface area (Å²) in [5.41, 5.74) is 0. The third-order valence-electron chi connectivity index (χ3n) is 0.990. The standard InChI is InChI=1S/C8H14O2/c1-4-7-8(9-5-2)10-6-3/h1,8H,5-7H2,2-3H3. The summed E-state index contributed by atoms with van der Waals surface area (Å²) in [6, 6.07) is 0. The van der Waals surface area contributed by atoms with Crippen molar-refractivity contribution in [1.82, 2.24) is 0 Å². The average molecular weight is 142 g/mol. The quantitative estimate of drug-likeness (QED) is 0.427. The Hall–Kier alpha value is -0.520. The first-order valence-electron chi connectivity index (χ1n) is 3.51. The summed E-state index contributed by atoms with van der Waals surface area (Å²) in [7, 11) is 0. The lowest BCUT2D eigenvalue weighted by Gasteiger charge is -2.13. The van der Waals surface area contributed by atoms with Crippen LogP contribution in [0.3, 0.4) is 0 Å². The molecule has 0 spiro atoms. The van der Waals surface area contributed by atoms with Crippen molar-refractivity contribution < 1.29 is 9.47 Å². The smallest absolute Gasteiger partial charge is 0.168 e. The van der Waals surface area contributed by atoms with Gasteiger partial charge in [0.15, 0.2) is 6.29 Å². The topological polar surface area (TPSA) is 18.5 Å². The molecule has 2 heteroatoms. The van der Waals surface area contributed by atoms with Crippen LogP contribution >= 0.6 is 0 Å². The number of rotatable bonds is 5. The Kier molecular flexibility index (Phi) is 6.25. The number of ether oxygens (including phenoxy) is 2. The van der Waals surface area contributed by atoms with Gasteiger partial charge in [-0.3, -0.25) is 0 Å². The Labute approximate surface area is 62.5 Å². The summed E-state index contributed by atoms with van der Waals surface area (Å²) >= 11 is 0. The first-order chi connectivity index (χ1) is 4.85. The van der Waals surface area contributed by atoms with Crippen LogP contribution < -0.4 is 0 Å². The van der Waals surface area contributed by atoms with E-state index in [2.05, 4.69) is 5.92 Å². The molecule has 0 fully saturated rings. The van der Waals surface area contributed by atoms with Gasteiger partial charge in [0.2, 0.25) is 0 Å². The van der Waals surface area contributed by atoms with Crippen LogP contribution in [0.4, 0.5) is 0 Å². The zero-order valence-corrected chi connectivity index (χ0v) is 6.59. The molecule has 0 radical (unpaired) electrons. The fourth-order valence-corrected chi connectivity index (χ4v) is 0.634. The van der Waals surface area contributed by atoms with Crippen molar-refractivity contribution in [3.05, 3.63) is 0 Å². The molecule has 0 saturated carbocycles. The molecule has 0 saturated heterocycles. The second kappa shape index (κ2) is 6.60. The Bertz CT molecular complexity index is 98.3. The average Bonchev–Trinajstić information content (AvgIpc) is 1.90. The molecule has 0 bridgehead atoms. The van der Waals surface area contributed by atoms with Crippen molar-refractivity contribution in [1.29, 1.82) is 0 Å². The van der Waals surface area contributed by atoms with Gasteiger partial charge in [0, 0.05) is 13.2 Å². The number of hydrogen-bond donors (Lipinski definition) is 0. The summed E-state index contributed by atoms with van der Waals surface area (Å²) in [6.45, 7) is 5.13. The summed E-state index contributed by atoms with van der Waals surface area (Å²) in [4.78, 5) is 0. The van der Waals surface area contributed by atoms with E-state index in [1.807, 2.05) is 13.8 Å². The van der Waals surface area contributed by atoms with Crippen molar-refractivity contribution in [2.75, 3.05) is 13.2 Å². The molecule has 58 valence electrons. The van der Waals surface area contributed by atoms with Gasteiger partial charge in [-0.15, -0.1) is 12.3 Å². The predicted octanol–water partition coefficient (Wildman–Crippen LogP) is 1.41. The van der Waals surface area contributed by atoms with Crippen molar-refractivity contribution in [2.45, 2.75) is 26.6 Å². The monoisotopic (exact) mass is 142 g/mol. The van der Waals surface area contributed by atoms with Crippen LogP contribution in [0, 0.1) is 12.3 Å². The van der Waals surface area contributed by atoms with Crippen LogP contribution in [-0.2, 0) is 9.47 Å². The Morgan fingerprint density at radius 1 is 1.30 bits per heavy atom. The van der Waals surface area contributed by atoms with E-state index in [4.69, 9.17) is 15.9 Å². The molecule has 0 amide bonds. The van der Waals surface area contributed by atoms with E-state index in [0.717, 1.165) is 0 Å². The SMILES string of the molecule is C#CCC(OCC)OCC. The van der Waals surface area contributed by atoms with Gasteiger partial charge < -0.3 is 9.47 Å². The molecule has 0 rings (SSSR count). The van der Waals surface area contributed by atoms with E-state index in [9.17, 15) is 0 Å². The van der Waals surface area contributed by atoms with Crippen LogP contribution in [0.1, 0.15) is 20.3 Å². The van der Waals surface area contributed by atoms with Crippen molar-refractivity contribution in [3.63, 3.8) is 0 Å². The largest absolute Gasteiger partial charge is 0.352 e. The third kappa shape index (κ3) is 4.37. The Balaban J connectivity index is 3.42. The molecule has 0 atom stereocenters. The van der Waals surface area contributed by atoms with Gasteiger partial charge in [0.1, 0.15) is 0 Å². The summed E-state index contributed by atoms with van der Waals surface area (Å²) in [6.07, 6.45) is 5.40. The Morgan fingerprint density at radius 2 is 1.80 bits per heavy atom. The van der Waals surface area contributed by atoms with E-state index < -0.39 is 0 Å². The minimum atomic E-state index is -0.208. The maximum absolute atomic E-state index is 5.16. The normalized spacial score (nSPS) is 9.80. The highest BCUT2D eigenvalue weighted by atomic mass is 16.7. The second-order valence-corrected chi connectivity index (χ2v) is 1.75. The van der Waals surface area contributed by atoms with E-state index >= 15 is 0 Å². The van der Waals surface area contributed by atoms with E-state index in [-0.39, 0.29) is 6.29 Å². The predicted molar refractivity (Wildman–Crippen MR) is 40.5 cm³/mol. The van der Waals surface area contributed by atoms with Gasteiger partial charge in [0.05, 0.1) is 6.42 Å².